The maximum Gasteiger partial charge on any atom is 0.337 e. The number of carbonyl (C=O) groups excluding carboxylic acids is 1. The van der Waals surface area contributed by atoms with E-state index in [1.165, 1.54) is 7.11 Å². The third-order valence-electron chi connectivity index (χ3n) is 1.77. The van der Waals surface area contributed by atoms with E-state index < -0.39 is 0 Å². The lowest BCUT2D eigenvalue weighted by atomic mass is 10.2. The minimum absolute atomic E-state index is 0.365. The van der Waals surface area contributed by atoms with Crippen molar-refractivity contribution in [2.45, 2.75) is 6.54 Å². The minimum Gasteiger partial charge on any atom is -0.465 e. The number of aromatic nitrogens is 1. The van der Waals surface area contributed by atoms with Crippen LogP contribution >= 0.6 is 0 Å². The second-order valence-corrected chi connectivity index (χ2v) is 2.84. The summed E-state index contributed by atoms with van der Waals surface area (Å²) in [6.45, 7) is 1.01. The normalized spacial score (nSPS) is 9.33. The number of nitrogens with zero attached hydrogens (tertiary/aromatic N) is 1. The van der Waals surface area contributed by atoms with Gasteiger partial charge in [-0.1, -0.05) is 5.92 Å². The molecule has 15 heavy (non-hydrogen) atoms. The predicted molar refractivity (Wildman–Crippen MR) is 56.1 cm³/mol. The molecule has 0 aliphatic rings. The Balaban J connectivity index is 2.66. The fourth-order valence-corrected chi connectivity index (χ4v) is 1.08. The number of ether oxygens (including phenoxy) is 1. The summed E-state index contributed by atoms with van der Waals surface area (Å²) >= 11 is 0. The Kier molecular flexibility index (Phi) is 4.32. The van der Waals surface area contributed by atoms with E-state index in [0.717, 1.165) is 5.69 Å². The molecule has 78 valence electrons. The van der Waals surface area contributed by atoms with Crippen molar-refractivity contribution in [3.63, 3.8) is 0 Å². The lowest BCUT2D eigenvalue weighted by molar-refractivity contribution is 0.0600. The van der Waals surface area contributed by atoms with E-state index in [1.807, 2.05) is 0 Å². The van der Waals surface area contributed by atoms with Crippen LogP contribution in [-0.4, -0.2) is 24.6 Å². The molecule has 1 N–H and O–H groups in total. The van der Waals surface area contributed by atoms with E-state index in [0.29, 0.717) is 18.7 Å². The van der Waals surface area contributed by atoms with Crippen molar-refractivity contribution in [2.24, 2.45) is 0 Å². The van der Waals surface area contributed by atoms with E-state index in [1.54, 1.807) is 18.3 Å². The molecule has 0 aliphatic carbocycles. The van der Waals surface area contributed by atoms with E-state index in [-0.39, 0.29) is 5.97 Å². The van der Waals surface area contributed by atoms with Crippen LogP contribution in [0.3, 0.4) is 0 Å². The first-order valence-corrected chi connectivity index (χ1v) is 4.45. The standard InChI is InChI=1S/C11H12N2O2/c1-3-5-12-8-10-7-9(4-6-13-10)11(14)15-2/h1,4,6-7,12H,5,8H2,2H3. The van der Waals surface area contributed by atoms with Crippen molar-refractivity contribution in [1.82, 2.24) is 10.3 Å². The van der Waals surface area contributed by atoms with Crippen LogP contribution in [0.1, 0.15) is 16.1 Å². The summed E-state index contributed by atoms with van der Waals surface area (Å²) in [5, 5.41) is 2.98. The summed E-state index contributed by atoms with van der Waals surface area (Å²) in [5.41, 5.74) is 1.25. The van der Waals surface area contributed by atoms with Crippen molar-refractivity contribution < 1.29 is 9.53 Å². The van der Waals surface area contributed by atoms with Gasteiger partial charge < -0.3 is 10.1 Å². The molecular formula is C11H12N2O2. The average Bonchev–Trinajstić information content (AvgIpc) is 2.29. The van der Waals surface area contributed by atoms with Crippen molar-refractivity contribution in [1.29, 1.82) is 0 Å². The number of hydrogen-bond acceptors (Lipinski definition) is 4. The fraction of sp³-hybridized carbons (Fsp3) is 0.273. The molecule has 1 aromatic rings. The summed E-state index contributed by atoms with van der Waals surface area (Å²) in [7, 11) is 1.35. The quantitative estimate of drug-likeness (QED) is 0.443. The third-order valence-corrected chi connectivity index (χ3v) is 1.77. The average molecular weight is 204 g/mol. The first-order chi connectivity index (χ1) is 7.27. The van der Waals surface area contributed by atoms with E-state index in [2.05, 4.69) is 21.0 Å². The number of methoxy groups -OCH3 is 1. The van der Waals surface area contributed by atoms with E-state index in [9.17, 15) is 4.79 Å². The molecule has 0 fully saturated rings. The van der Waals surface area contributed by atoms with Gasteiger partial charge in [-0.05, 0) is 12.1 Å². The lowest BCUT2D eigenvalue weighted by Gasteiger charge is -2.03. The van der Waals surface area contributed by atoms with E-state index in [4.69, 9.17) is 6.42 Å². The maximum absolute atomic E-state index is 11.2. The van der Waals surface area contributed by atoms with Crippen molar-refractivity contribution in [3.8, 4) is 12.3 Å². The highest BCUT2D eigenvalue weighted by Crippen LogP contribution is 2.03. The lowest BCUT2D eigenvalue weighted by Crippen LogP contribution is -2.14. The molecule has 0 aromatic carbocycles. The molecular weight excluding hydrogens is 192 g/mol. The van der Waals surface area contributed by atoms with Gasteiger partial charge in [0.05, 0.1) is 24.9 Å². The minimum atomic E-state index is -0.365. The van der Waals surface area contributed by atoms with Gasteiger partial charge in [-0.15, -0.1) is 6.42 Å². The molecule has 0 atom stereocenters. The highest BCUT2D eigenvalue weighted by Gasteiger charge is 2.05. The Hall–Kier alpha value is -1.86. The molecule has 1 aromatic heterocycles. The molecule has 4 heteroatoms. The Morgan fingerprint density at radius 3 is 3.20 bits per heavy atom. The molecule has 1 heterocycles. The smallest absolute Gasteiger partial charge is 0.337 e. The molecule has 0 amide bonds. The van der Waals surface area contributed by atoms with Crippen LogP contribution in [0.15, 0.2) is 18.3 Å². The monoisotopic (exact) mass is 204 g/mol. The Morgan fingerprint density at radius 2 is 2.53 bits per heavy atom. The highest BCUT2D eigenvalue weighted by atomic mass is 16.5. The number of carbonyl (C=O) groups is 1. The Bertz CT molecular complexity index is 382. The topological polar surface area (TPSA) is 51.2 Å². The van der Waals surface area contributed by atoms with Gasteiger partial charge in [0.1, 0.15) is 0 Å². The zero-order chi connectivity index (χ0) is 11.1. The number of pyridine rings is 1. The van der Waals surface area contributed by atoms with Gasteiger partial charge in [0.2, 0.25) is 0 Å². The van der Waals surface area contributed by atoms with Gasteiger partial charge in [0.15, 0.2) is 0 Å². The summed E-state index contributed by atoms with van der Waals surface area (Å²) in [5.74, 6) is 2.09. The van der Waals surface area contributed by atoms with Crippen LogP contribution in [0.2, 0.25) is 0 Å². The van der Waals surface area contributed by atoms with Crippen molar-refractivity contribution in [2.75, 3.05) is 13.7 Å². The molecule has 0 spiro atoms. The first-order valence-electron chi connectivity index (χ1n) is 4.45. The summed E-state index contributed by atoms with van der Waals surface area (Å²) in [6.07, 6.45) is 6.65. The van der Waals surface area contributed by atoms with Gasteiger partial charge in [0, 0.05) is 12.7 Å². The fourth-order valence-electron chi connectivity index (χ4n) is 1.08. The van der Waals surface area contributed by atoms with Gasteiger partial charge in [-0.25, -0.2) is 4.79 Å². The van der Waals surface area contributed by atoms with Crippen LogP contribution in [0.4, 0.5) is 0 Å². The number of hydrogen-bond donors (Lipinski definition) is 1. The van der Waals surface area contributed by atoms with Crippen molar-refractivity contribution >= 4 is 5.97 Å². The van der Waals surface area contributed by atoms with Gasteiger partial charge in [-0.3, -0.25) is 4.98 Å². The molecule has 0 aliphatic heterocycles. The van der Waals surface area contributed by atoms with Crippen LogP contribution in [0.5, 0.6) is 0 Å². The van der Waals surface area contributed by atoms with Gasteiger partial charge in [-0.2, -0.15) is 0 Å². The summed E-state index contributed by atoms with van der Waals surface area (Å²) in [6, 6.07) is 3.28. The number of rotatable bonds is 4. The largest absolute Gasteiger partial charge is 0.465 e. The molecule has 0 bridgehead atoms. The molecule has 0 saturated carbocycles. The third kappa shape index (κ3) is 3.41. The maximum atomic E-state index is 11.2. The van der Waals surface area contributed by atoms with Crippen LogP contribution in [0, 0.1) is 12.3 Å². The first kappa shape index (κ1) is 11.2. The summed E-state index contributed by atoms with van der Waals surface area (Å²) in [4.78, 5) is 15.3. The SMILES string of the molecule is C#CCNCc1cc(C(=O)OC)ccn1. The van der Waals surface area contributed by atoms with E-state index >= 15 is 0 Å². The number of nitrogens with one attached hydrogen (secondary N) is 1. The van der Waals surface area contributed by atoms with Crippen LogP contribution in [0.25, 0.3) is 0 Å². The van der Waals surface area contributed by atoms with Crippen LogP contribution in [-0.2, 0) is 11.3 Å². The summed E-state index contributed by atoms with van der Waals surface area (Å²) < 4.78 is 4.60. The predicted octanol–water partition coefficient (Wildman–Crippen LogP) is 0.591. The molecule has 4 nitrogen and oxygen atoms in total. The zero-order valence-electron chi connectivity index (χ0n) is 8.49. The molecule has 0 unspecified atom stereocenters. The molecule has 0 saturated heterocycles. The van der Waals surface area contributed by atoms with Gasteiger partial charge in [0.25, 0.3) is 0 Å². The van der Waals surface area contributed by atoms with Crippen LogP contribution < -0.4 is 5.32 Å². The second-order valence-electron chi connectivity index (χ2n) is 2.84. The number of terminal acetylenes is 1. The Morgan fingerprint density at radius 1 is 1.73 bits per heavy atom. The molecule has 1 rings (SSSR count). The van der Waals surface area contributed by atoms with Gasteiger partial charge >= 0.3 is 5.97 Å². The second kappa shape index (κ2) is 5.78. The highest BCUT2D eigenvalue weighted by molar-refractivity contribution is 5.89. The number of esters is 1. The zero-order valence-corrected chi connectivity index (χ0v) is 8.49. The van der Waals surface area contributed by atoms with Crippen molar-refractivity contribution in [3.05, 3.63) is 29.6 Å². The Labute approximate surface area is 88.7 Å². The molecule has 0 radical (unpaired) electrons.